The van der Waals surface area contributed by atoms with Gasteiger partial charge in [0.15, 0.2) is 0 Å². The van der Waals surface area contributed by atoms with E-state index >= 15 is 0 Å². The molecule has 92 valence electrons. The van der Waals surface area contributed by atoms with Crippen LogP contribution in [0.4, 0.5) is 0 Å². The van der Waals surface area contributed by atoms with Gasteiger partial charge in [-0.15, -0.1) is 17.5 Å². The van der Waals surface area contributed by atoms with Crippen LogP contribution in [0.1, 0.15) is 5.69 Å². The van der Waals surface area contributed by atoms with Gasteiger partial charge in [-0.2, -0.15) is 0 Å². The number of rotatable bonds is 3. The molecule has 0 saturated heterocycles. The average molecular weight is 296 g/mol. The highest BCUT2D eigenvalue weighted by Crippen LogP contribution is 2.19. The van der Waals surface area contributed by atoms with Crippen LogP contribution >= 0.6 is 35.8 Å². The number of nitrogens with zero attached hydrogens (tertiary/aromatic N) is 2. The number of aromatic nitrogens is 5. The van der Waals surface area contributed by atoms with Gasteiger partial charge in [-0.3, -0.25) is 14.9 Å². The van der Waals surface area contributed by atoms with Crippen LogP contribution in [0.25, 0.3) is 0 Å². The molecule has 2 aromatic heterocycles. The lowest BCUT2D eigenvalue weighted by Gasteiger charge is -1.99. The molecule has 2 aromatic rings. The van der Waals surface area contributed by atoms with Crippen LogP contribution in [0.15, 0.2) is 21.1 Å². The second-order valence-corrected chi connectivity index (χ2v) is 4.09. The monoisotopic (exact) mass is 295 g/mol. The topological polar surface area (TPSA) is 107 Å². The van der Waals surface area contributed by atoms with E-state index in [2.05, 4.69) is 20.2 Å². The second-order valence-electron chi connectivity index (χ2n) is 2.77. The van der Waals surface area contributed by atoms with E-state index in [4.69, 9.17) is 11.6 Å². The van der Waals surface area contributed by atoms with Crippen LogP contribution in [0.5, 0.6) is 0 Å². The van der Waals surface area contributed by atoms with Crippen molar-refractivity contribution in [2.45, 2.75) is 10.9 Å². The third-order valence-electron chi connectivity index (χ3n) is 1.69. The Morgan fingerprint density at radius 2 is 2.12 bits per heavy atom. The van der Waals surface area contributed by atoms with Crippen molar-refractivity contribution in [1.29, 1.82) is 0 Å². The van der Waals surface area contributed by atoms with Gasteiger partial charge in [0.2, 0.25) is 5.16 Å². The first-order valence-electron chi connectivity index (χ1n) is 4.16. The van der Waals surface area contributed by atoms with E-state index in [0.29, 0.717) is 16.6 Å². The normalized spacial score (nSPS) is 9.94. The Kier molecular flexibility index (Phi) is 4.79. The van der Waals surface area contributed by atoms with Crippen LogP contribution < -0.4 is 11.2 Å². The minimum absolute atomic E-state index is 0. The van der Waals surface area contributed by atoms with E-state index in [-0.39, 0.29) is 17.4 Å². The maximum atomic E-state index is 11.2. The molecule has 0 spiro atoms. The van der Waals surface area contributed by atoms with E-state index in [1.165, 1.54) is 18.1 Å². The van der Waals surface area contributed by atoms with Gasteiger partial charge in [-0.1, -0.05) is 23.4 Å². The van der Waals surface area contributed by atoms with Crippen molar-refractivity contribution < 1.29 is 0 Å². The molecule has 0 aliphatic rings. The van der Waals surface area contributed by atoms with Gasteiger partial charge in [0.05, 0.1) is 5.69 Å². The highest BCUT2D eigenvalue weighted by molar-refractivity contribution is 7.98. The van der Waals surface area contributed by atoms with E-state index < -0.39 is 11.2 Å². The molecule has 17 heavy (non-hydrogen) atoms. The van der Waals surface area contributed by atoms with Crippen molar-refractivity contribution in [1.82, 2.24) is 25.1 Å². The van der Waals surface area contributed by atoms with Gasteiger partial charge < -0.3 is 4.98 Å². The maximum Gasteiger partial charge on any atom is 0.326 e. The smallest absolute Gasteiger partial charge is 0.309 e. The predicted octanol–water partition coefficient (Wildman–Crippen LogP) is 0.549. The molecule has 0 atom stereocenters. The Morgan fingerprint density at radius 3 is 2.76 bits per heavy atom. The van der Waals surface area contributed by atoms with Gasteiger partial charge in [-0.25, -0.2) is 9.78 Å². The highest BCUT2D eigenvalue weighted by Gasteiger charge is 2.08. The molecule has 2 rings (SSSR count). The summed E-state index contributed by atoms with van der Waals surface area (Å²) in [5, 5.41) is 6.85. The molecule has 0 fully saturated rings. The first-order chi connectivity index (χ1) is 7.66. The van der Waals surface area contributed by atoms with E-state index in [1.54, 1.807) is 0 Å². The van der Waals surface area contributed by atoms with Crippen molar-refractivity contribution >= 4 is 35.8 Å². The van der Waals surface area contributed by atoms with Crippen molar-refractivity contribution in [2.75, 3.05) is 0 Å². The summed E-state index contributed by atoms with van der Waals surface area (Å²) in [6.45, 7) is 0. The Hall–Kier alpha value is -1.25. The quantitative estimate of drug-likeness (QED) is 0.717. The average Bonchev–Trinajstić information content (AvgIpc) is 2.74. The number of H-pyrrole nitrogens is 3. The van der Waals surface area contributed by atoms with Gasteiger partial charge in [0.25, 0.3) is 5.56 Å². The van der Waals surface area contributed by atoms with Crippen LogP contribution in [-0.4, -0.2) is 25.1 Å². The third kappa shape index (κ3) is 3.35. The number of thioether (sulfide) groups is 1. The van der Waals surface area contributed by atoms with Crippen LogP contribution in [-0.2, 0) is 5.75 Å². The third-order valence-corrected chi connectivity index (χ3v) is 2.98. The van der Waals surface area contributed by atoms with E-state index in [9.17, 15) is 9.59 Å². The fraction of sp³-hybridized carbons (Fsp3) is 0.143. The molecule has 0 aromatic carbocycles. The first kappa shape index (κ1) is 13.8. The summed E-state index contributed by atoms with van der Waals surface area (Å²) in [7, 11) is 0. The Bertz CT molecular complexity index is 593. The zero-order chi connectivity index (χ0) is 11.5. The van der Waals surface area contributed by atoms with Crippen molar-refractivity contribution in [3.63, 3.8) is 0 Å². The molecule has 0 unspecified atom stereocenters. The number of nitrogens with one attached hydrogen (secondary N) is 3. The predicted molar refractivity (Wildman–Crippen MR) is 65.9 cm³/mol. The minimum atomic E-state index is -0.601. The molecule has 0 saturated carbocycles. The summed E-state index contributed by atoms with van der Waals surface area (Å²) in [6.07, 6.45) is 1.44. The standard InChI is InChI=1S/C7H6ClN5O2S.ClH/c8-4-3(11-6(15)12-5(4)14)1-16-7-9-2-10-13-7;/h2H,1H2,(H,9,10,13)(H2,11,12,14,15);1H. The molecule has 7 nitrogen and oxygen atoms in total. The fourth-order valence-electron chi connectivity index (χ4n) is 1.02. The zero-order valence-electron chi connectivity index (χ0n) is 8.19. The minimum Gasteiger partial charge on any atom is -0.309 e. The molecule has 10 heteroatoms. The van der Waals surface area contributed by atoms with Crippen molar-refractivity contribution in [2.24, 2.45) is 0 Å². The van der Waals surface area contributed by atoms with Gasteiger partial charge in [0.1, 0.15) is 11.3 Å². The summed E-state index contributed by atoms with van der Waals surface area (Å²) < 4.78 is 0. The number of hydrogen-bond acceptors (Lipinski definition) is 5. The first-order valence-corrected chi connectivity index (χ1v) is 5.52. The summed E-state index contributed by atoms with van der Waals surface area (Å²) in [4.78, 5) is 30.5. The van der Waals surface area contributed by atoms with E-state index in [0.717, 1.165) is 0 Å². The number of aromatic amines is 3. The molecular weight excluding hydrogens is 289 g/mol. The number of hydrogen-bond donors (Lipinski definition) is 3. The molecule has 0 aliphatic heterocycles. The Morgan fingerprint density at radius 1 is 1.35 bits per heavy atom. The molecular formula is C7H7Cl2N5O2S. The molecule has 0 amide bonds. The summed E-state index contributed by atoms with van der Waals surface area (Å²) in [5.74, 6) is 0.315. The van der Waals surface area contributed by atoms with Gasteiger partial charge in [-0.05, 0) is 0 Å². The highest BCUT2D eigenvalue weighted by atomic mass is 35.5. The van der Waals surface area contributed by atoms with Crippen molar-refractivity contribution in [3.05, 3.63) is 37.9 Å². The largest absolute Gasteiger partial charge is 0.326 e. The summed E-state index contributed by atoms with van der Waals surface area (Å²) >= 11 is 6.98. The number of halogens is 2. The molecule has 0 bridgehead atoms. The fourth-order valence-corrected chi connectivity index (χ4v) is 2.00. The van der Waals surface area contributed by atoms with Crippen LogP contribution in [0.3, 0.4) is 0 Å². The summed E-state index contributed by atoms with van der Waals surface area (Å²) in [6, 6.07) is 0. The van der Waals surface area contributed by atoms with Gasteiger partial charge in [0, 0.05) is 5.75 Å². The molecule has 3 N–H and O–H groups in total. The van der Waals surface area contributed by atoms with Crippen LogP contribution in [0, 0.1) is 0 Å². The Balaban J connectivity index is 0.00000144. The molecule has 0 aliphatic carbocycles. The maximum absolute atomic E-state index is 11.2. The van der Waals surface area contributed by atoms with Gasteiger partial charge >= 0.3 is 5.69 Å². The second kappa shape index (κ2) is 5.89. The lowest BCUT2D eigenvalue weighted by Crippen LogP contribution is -2.24. The SMILES string of the molecule is Cl.O=c1[nH]c(CSc2nc[nH]n2)c(Cl)c(=O)[nH]1. The van der Waals surface area contributed by atoms with Crippen molar-refractivity contribution in [3.8, 4) is 0 Å². The summed E-state index contributed by atoms with van der Waals surface area (Å²) in [5.41, 5.74) is -0.832. The molecule has 0 radical (unpaired) electrons. The lowest BCUT2D eigenvalue weighted by molar-refractivity contribution is 0.961. The molecule has 2 heterocycles. The lowest BCUT2D eigenvalue weighted by atomic mass is 10.4. The Labute approximate surface area is 110 Å². The zero-order valence-corrected chi connectivity index (χ0v) is 10.6. The van der Waals surface area contributed by atoms with E-state index in [1.807, 2.05) is 4.98 Å². The van der Waals surface area contributed by atoms with Crippen LogP contribution in [0.2, 0.25) is 5.02 Å².